The summed E-state index contributed by atoms with van der Waals surface area (Å²) in [6.07, 6.45) is -1.24. The second kappa shape index (κ2) is 14.4. The van der Waals surface area contributed by atoms with E-state index in [0.29, 0.717) is 5.56 Å². The second-order valence-corrected chi connectivity index (χ2v) is 13.5. The molecule has 0 spiro atoms. The summed E-state index contributed by atoms with van der Waals surface area (Å²) >= 11 is 0. The summed E-state index contributed by atoms with van der Waals surface area (Å²) in [5.74, 6) is -0.670. The first-order valence-corrected chi connectivity index (χ1v) is 14.8. The van der Waals surface area contributed by atoms with Crippen LogP contribution in [0, 0.1) is 11.3 Å². The van der Waals surface area contributed by atoms with Gasteiger partial charge in [-0.1, -0.05) is 82.2 Å². The normalized spacial score (nSPS) is 14.7. The number of amides is 2. The number of hydrogen-bond acceptors (Lipinski definition) is 7. The standard InChI is InChI=1S/C29H42N4O7S/c1-20(2)18-33(41(39,40)23-14-12-22(13-15-23)17-30-38)19-25(34)24(16-21-10-8-7-9-11-21)31-27(35)26(29(3,4)5)32(6)28(36)37/h7-15,17,20,24-26,34,38H,16,18-19H2,1-6H3,(H,31,35)(H,36,37)/t24-,25-,26+/m0/s1. The van der Waals surface area contributed by atoms with Crippen LogP contribution >= 0.6 is 0 Å². The Morgan fingerprint density at radius 2 is 1.61 bits per heavy atom. The summed E-state index contributed by atoms with van der Waals surface area (Å²) in [6.45, 7) is 8.74. The third-order valence-corrected chi connectivity index (χ3v) is 8.38. The van der Waals surface area contributed by atoms with Gasteiger partial charge in [-0.15, -0.1) is 0 Å². The van der Waals surface area contributed by atoms with E-state index in [1.165, 1.54) is 41.8 Å². The number of oxime groups is 1. The number of rotatable bonds is 13. The lowest BCUT2D eigenvalue weighted by molar-refractivity contribution is -0.130. The van der Waals surface area contributed by atoms with E-state index >= 15 is 0 Å². The quantitative estimate of drug-likeness (QED) is 0.158. The van der Waals surface area contributed by atoms with Crippen LogP contribution in [-0.4, -0.2) is 89.6 Å². The fourth-order valence-corrected chi connectivity index (χ4v) is 6.25. The third kappa shape index (κ3) is 9.55. The lowest BCUT2D eigenvalue weighted by Crippen LogP contribution is -2.59. The second-order valence-electron chi connectivity index (χ2n) is 11.6. The minimum atomic E-state index is -4.05. The molecule has 2 aromatic rings. The van der Waals surface area contributed by atoms with E-state index in [0.717, 1.165) is 10.5 Å². The van der Waals surface area contributed by atoms with Crippen molar-refractivity contribution in [2.45, 2.75) is 64.1 Å². The largest absolute Gasteiger partial charge is 0.465 e. The molecule has 3 atom stereocenters. The van der Waals surface area contributed by atoms with E-state index in [1.807, 2.05) is 44.2 Å². The van der Waals surface area contributed by atoms with Crippen molar-refractivity contribution in [3.63, 3.8) is 0 Å². The first-order valence-electron chi connectivity index (χ1n) is 13.3. The Kier molecular flexibility index (Phi) is 11.9. The van der Waals surface area contributed by atoms with E-state index in [1.54, 1.807) is 20.8 Å². The van der Waals surface area contributed by atoms with Gasteiger partial charge in [0.05, 0.1) is 23.3 Å². The molecular weight excluding hydrogens is 548 g/mol. The van der Waals surface area contributed by atoms with Gasteiger partial charge in [0, 0.05) is 20.1 Å². The maximum absolute atomic E-state index is 13.7. The van der Waals surface area contributed by atoms with E-state index < -0.39 is 45.6 Å². The highest BCUT2D eigenvalue weighted by Crippen LogP contribution is 2.25. The van der Waals surface area contributed by atoms with Gasteiger partial charge < -0.3 is 20.7 Å². The molecule has 0 aromatic heterocycles. The van der Waals surface area contributed by atoms with Crippen molar-refractivity contribution in [1.29, 1.82) is 0 Å². The van der Waals surface area contributed by atoms with Gasteiger partial charge in [-0.25, -0.2) is 13.2 Å². The van der Waals surface area contributed by atoms with Crippen LogP contribution in [0.15, 0.2) is 64.6 Å². The molecular formula is C29H42N4O7S. The van der Waals surface area contributed by atoms with E-state index in [4.69, 9.17) is 5.21 Å². The zero-order chi connectivity index (χ0) is 31.0. The Bertz CT molecular complexity index is 1280. The van der Waals surface area contributed by atoms with Crippen LogP contribution in [0.4, 0.5) is 4.79 Å². The van der Waals surface area contributed by atoms with Gasteiger partial charge >= 0.3 is 6.09 Å². The molecule has 41 heavy (non-hydrogen) atoms. The molecule has 11 nitrogen and oxygen atoms in total. The molecule has 2 rings (SSSR count). The number of likely N-dealkylation sites (N-methyl/N-ethyl adjacent to an activating group) is 1. The Labute approximate surface area is 242 Å². The zero-order valence-electron chi connectivity index (χ0n) is 24.4. The summed E-state index contributed by atoms with van der Waals surface area (Å²) < 4.78 is 28.5. The van der Waals surface area contributed by atoms with Crippen molar-refractivity contribution in [1.82, 2.24) is 14.5 Å². The first kappa shape index (κ1) is 33.7. The summed E-state index contributed by atoms with van der Waals surface area (Å²) in [6, 6.07) is 12.9. The number of carbonyl (C=O) groups is 2. The zero-order valence-corrected chi connectivity index (χ0v) is 25.2. The number of nitrogens with zero attached hydrogens (tertiary/aromatic N) is 3. The number of hydrogen-bond donors (Lipinski definition) is 4. The molecule has 0 saturated heterocycles. The molecule has 2 amide bonds. The van der Waals surface area contributed by atoms with Crippen molar-refractivity contribution in [2.75, 3.05) is 20.1 Å². The predicted molar refractivity (Wildman–Crippen MR) is 157 cm³/mol. The number of benzene rings is 2. The summed E-state index contributed by atoms with van der Waals surface area (Å²) in [5.41, 5.74) is 0.543. The minimum Gasteiger partial charge on any atom is -0.465 e. The Morgan fingerprint density at radius 1 is 1.02 bits per heavy atom. The molecule has 0 unspecified atom stereocenters. The number of sulfonamides is 1. The van der Waals surface area contributed by atoms with Crippen molar-refractivity contribution >= 4 is 28.2 Å². The number of aliphatic hydroxyl groups is 1. The highest BCUT2D eigenvalue weighted by Gasteiger charge is 2.39. The molecule has 0 bridgehead atoms. The fraction of sp³-hybridized carbons (Fsp3) is 0.483. The molecule has 226 valence electrons. The number of nitrogens with one attached hydrogen (secondary N) is 1. The Hall–Kier alpha value is -3.48. The van der Waals surface area contributed by atoms with Gasteiger partial charge in [0.1, 0.15) is 6.04 Å². The average molecular weight is 591 g/mol. The van der Waals surface area contributed by atoms with Gasteiger partial charge in [-0.3, -0.25) is 9.69 Å². The van der Waals surface area contributed by atoms with Gasteiger partial charge in [0.25, 0.3) is 0 Å². The van der Waals surface area contributed by atoms with Crippen LogP contribution in [0.3, 0.4) is 0 Å². The molecule has 0 heterocycles. The number of aliphatic hydroxyl groups excluding tert-OH is 1. The molecule has 0 aliphatic rings. The van der Waals surface area contributed by atoms with E-state index in [9.17, 15) is 28.2 Å². The molecule has 4 N–H and O–H groups in total. The first-order chi connectivity index (χ1) is 19.1. The van der Waals surface area contributed by atoms with Gasteiger partial charge in [0.15, 0.2) is 0 Å². The molecule has 0 radical (unpaired) electrons. The van der Waals surface area contributed by atoms with Crippen molar-refractivity contribution in [3.05, 3.63) is 65.7 Å². The Morgan fingerprint density at radius 3 is 2.10 bits per heavy atom. The highest BCUT2D eigenvalue weighted by atomic mass is 32.2. The predicted octanol–water partition coefficient (Wildman–Crippen LogP) is 3.25. The lowest BCUT2D eigenvalue weighted by Gasteiger charge is -2.37. The van der Waals surface area contributed by atoms with Crippen molar-refractivity contribution in [3.8, 4) is 0 Å². The van der Waals surface area contributed by atoms with Gasteiger partial charge in [-0.05, 0) is 41.0 Å². The maximum atomic E-state index is 13.7. The van der Waals surface area contributed by atoms with Crippen LogP contribution in [0.25, 0.3) is 0 Å². The minimum absolute atomic E-state index is 0.0000330. The molecule has 0 fully saturated rings. The summed E-state index contributed by atoms with van der Waals surface area (Å²) in [5, 5.41) is 35.6. The average Bonchev–Trinajstić information content (AvgIpc) is 2.88. The molecule has 2 aromatic carbocycles. The number of carboxylic acid groups (broad SMARTS) is 1. The van der Waals surface area contributed by atoms with Gasteiger partial charge in [-0.2, -0.15) is 4.31 Å². The van der Waals surface area contributed by atoms with Crippen LogP contribution < -0.4 is 5.32 Å². The Balaban J connectivity index is 2.44. The molecule has 0 aliphatic heterocycles. The topological polar surface area (TPSA) is 160 Å². The molecule has 0 saturated carbocycles. The van der Waals surface area contributed by atoms with Crippen LogP contribution in [0.2, 0.25) is 0 Å². The van der Waals surface area contributed by atoms with Crippen LogP contribution in [0.1, 0.15) is 45.7 Å². The summed E-state index contributed by atoms with van der Waals surface area (Å²) in [4.78, 5) is 26.2. The number of carbonyl (C=O) groups excluding carboxylic acids is 1. The maximum Gasteiger partial charge on any atom is 0.407 e. The molecule has 12 heteroatoms. The van der Waals surface area contributed by atoms with Gasteiger partial charge in [0.2, 0.25) is 15.9 Å². The third-order valence-electron chi connectivity index (χ3n) is 6.53. The van der Waals surface area contributed by atoms with Crippen LogP contribution in [0.5, 0.6) is 0 Å². The summed E-state index contributed by atoms with van der Waals surface area (Å²) in [7, 11) is -2.74. The fourth-order valence-electron chi connectivity index (χ4n) is 4.63. The van der Waals surface area contributed by atoms with Crippen molar-refractivity contribution < 1.29 is 33.4 Å². The SMILES string of the molecule is CC(C)CN(C[C@H](O)[C@H](Cc1ccccc1)NC(=O)[C@@H](N(C)C(=O)O)C(C)(C)C)S(=O)(=O)c1ccc(C=NO)cc1. The van der Waals surface area contributed by atoms with Crippen LogP contribution in [-0.2, 0) is 21.2 Å². The lowest BCUT2D eigenvalue weighted by atomic mass is 9.85. The smallest absolute Gasteiger partial charge is 0.407 e. The monoisotopic (exact) mass is 590 g/mol. The van der Waals surface area contributed by atoms with E-state index in [-0.39, 0.29) is 30.3 Å². The van der Waals surface area contributed by atoms with E-state index in [2.05, 4.69) is 10.5 Å². The van der Waals surface area contributed by atoms with Crippen molar-refractivity contribution in [2.24, 2.45) is 16.5 Å². The molecule has 0 aliphatic carbocycles. The highest BCUT2D eigenvalue weighted by molar-refractivity contribution is 7.89.